The first-order valence-electron chi connectivity index (χ1n) is 9.60. The second-order valence-electron chi connectivity index (χ2n) is 6.26. The monoisotopic (exact) mass is 424 g/mol. The van der Waals surface area contributed by atoms with Gasteiger partial charge in [-0.3, -0.25) is 4.79 Å². The molecular weight excluding hydrogens is 403 g/mol. The van der Waals surface area contributed by atoms with E-state index in [1.54, 1.807) is 18.2 Å². The maximum atomic E-state index is 13.1. The van der Waals surface area contributed by atoms with E-state index in [0.717, 1.165) is 0 Å². The summed E-state index contributed by atoms with van der Waals surface area (Å²) in [7, 11) is 0. The fourth-order valence-electron chi connectivity index (χ4n) is 2.73. The van der Waals surface area contributed by atoms with E-state index in [0.29, 0.717) is 35.8 Å². The molecule has 3 rings (SSSR count). The number of aromatic amines is 1. The highest BCUT2D eigenvalue weighted by atomic mass is 19.1. The first kappa shape index (κ1) is 21.7. The molecule has 0 saturated carbocycles. The Morgan fingerprint density at radius 1 is 1.13 bits per heavy atom. The molecule has 3 aromatic rings. The van der Waals surface area contributed by atoms with Crippen LogP contribution in [0.5, 0.6) is 11.5 Å². The van der Waals surface area contributed by atoms with Crippen molar-refractivity contribution in [2.75, 3.05) is 13.2 Å². The zero-order valence-electron chi connectivity index (χ0n) is 17.0. The lowest BCUT2D eigenvalue weighted by molar-refractivity contribution is 0.0949. The highest BCUT2D eigenvalue weighted by molar-refractivity contribution is 5.94. The van der Waals surface area contributed by atoms with Crippen molar-refractivity contribution in [1.82, 2.24) is 15.4 Å². The lowest BCUT2D eigenvalue weighted by atomic mass is 10.1. The van der Waals surface area contributed by atoms with Crippen LogP contribution < -0.4 is 20.6 Å². The van der Waals surface area contributed by atoms with Gasteiger partial charge in [-0.15, -0.1) is 0 Å². The lowest BCUT2D eigenvalue weighted by Gasteiger charge is -2.10. The summed E-state index contributed by atoms with van der Waals surface area (Å²) in [6.45, 7) is 4.72. The van der Waals surface area contributed by atoms with Gasteiger partial charge in [0, 0.05) is 17.2 Å². The summed E-state index contributed by atoms with van der Waals surface area (Å²) in [4.78, 5) is 30.5. The van der Waals surface area contributed by atoms with Gasteiger partial charge in [0.15, 0.2) is 0 Å². The number of halogens is 1. The van der Waals surface area contributed by atoms with Crippen LogP contribution in [-0.2, 0) is 0 Å². The van der Waals surface area contributed by atoms with Crippen LogP contribution in [0.25, 0.3) is 11.3 Å². The molecule has 1 aromatic heterocycles. The van der Waals surface area contributed by atoms with Gasteiger partial charge in [0.2, 0.25) is 0 Å². The van der Waals surface area contributed by atoms with Gasteiger partial charge < -0.3 is 14.5 Å². The third-order valence-electron chi connectivity index (χ3n) is 4.09. The second kappa shape index (κ2) is 10.1. The number of nitrogens with one attached hydrogen (secondary N) is 2. The number of carbonyl (C=O) groups excluding carboxylic acids is 1. The van der Waals surface area contributed by atoms with Crippen LogP contribution in [-0.4, -0.2) is 35.3 Å². The van der Waals surface area contributed by atoms with E-state index in [9.17, 15) is 14.0 Å². The van der Waals surface area contributed by atoms with E-state index in [1.165, 1.54) is 36.5 Å². The maximum Gasteiger partial charge on any atom is 0.346 e. The van der Waals surface area contributed by atoms with Gasteiger partial charge in [-0.1, -0.05) is 0 Å². The number of hydrogen-bond acceptors (Lipinski definition) is 6. The quantitative estimate of drug-likeness (QED) is 0.427. The molecule has 1 heterocycles. The number of hydrogen-bond donors (Lipinski definition) is 2. The fraction of sp³-hybridized carbons (Fsp3) is 0.182. The van der Waals surface area contributed by atoms with Crippen molar-refractivity contribution < 1.29 is 18.7 Å². The lowest BCUT2D eigenvalue weighted by Crippen LogP contribution is -2.24. The van der Waals surface area contributed by atoms with Gasteiger partial charge in [-0.2, -0.15) is 10.1 Å². The molecule has 160 valence electrons. The number of ether oxygens (including phenoxy) is 2. The minimum atomic E-state index is -0.707. The van der Waals surface area contributed by atoms with Crippen molar-refractivity contribution in [2.24, 2.45) is 5.10 Å². The SMILES string of the molecule is CCOc1ccc(/C=N/NC(=O)c2cc(-c3ccc(F)cc3)nc(=O)[nH]2)c(OCC)c1. The Hall–Kier alpha value is -4.01. The molecular formula is C22H21FN4O4. The smallest absolute Gasteiger partial charge is 0.346 e. The number of benzene rings is 2. The number of hydrazone groups is 1. The van der Waals surface area contributed by atoms with Crippen molar-refractivity contribution in [3.05, 3.63) is 76.1 Å². The molecule has 9 heteroatoms. The molecule has 2 N–H and O–H groups in total. The molecule has 1 amide bonds. The topological polar surface area (TPSA) is 106 Å². The van der Waals surface area contributed by atoms with E-state index in [-0.39, 0.29) is 11.4 Å². The van der Waals surface area contributed by atoms with E-state index in [1.807, 2.05) is 13.8 Å². The molecule has 0 fully saturated rings. The third-order valence-corrected chi connectivity index (χ3v) is 4.09. The first-order chi connectivity index (χ1) is 15.0. The van der Waals surface area contributed by atoms with E-state index < -0.39 is 17.4 Å². The average Bonchev–Trinajstić information content (AvgIpc) is 2.75. The van der Waals surface area contributed by atoms with Gasteiger partial charge in [-0.05, 0) is 56.3 Å². The van der Waals surface area contributed by atoms with Gasteiger partial charge in [0.1, 0.15) is 23.0 Å². The number of carbonyl (C=O) groups is 1. The minimum Gasteiger partial charge on any atom is -0.494 e. The molecule has 0 atom stereocenters. The third kappa shape index (κ3) is 5.75. The normalized spacial score (nSPS) is 10.8. The first-order valence-corrected chi connectivity index (χ1v) is 9.60. The Morgan fingerprint density at radius 2 is 1.87 bits per heavy atom. The number of aromatic nitrogens is 2. The zero-order valence-corrected chi connectivity index (χ0v) is 17.0. The zero-order chi connectivity index (χ0) is 22.2. The van der Waals surface area contributed by atoms with E-state index >= 15 is 0 Å². The highest BCUT2D eigenvalue weighted by Crippen LogP contribution is 2.24. The summed E-state index contributed by atoms with van der Waals surface area (Å²) in [5.41, 5.74) is 3.00. The summed E-state index contributed by atoms with van der Waals surface area (Å²) in [6.07, 6.45) is 1.43. The van der Waals surface area contributed by atoms with Crippen LogP contribution in [0, 0.1) is 5.82 Å². The summed E-state index contributed by atoms with van der Waals surface area (Å²) >= 11 is 0. The molecule has 0 aliphatic rings. The second-order valence-corrected chi connectivity index (χ2v) is 6.26. The number of nitrogens with zero attached hydrogens (tertiary/aromatic N) is 2. The summed E-state index contributed by atoms with van der Waals surface area (Å²) in [5.74, 6) is 0.168. The molecule has 31 heavy (non-hydrogen) atoms. The molecule has 0 aliphatic heterocycles. The Morgan fingerprint density at radius 3 is 2.58 bits per heavy atom. The molecule has 0 saturated heterocycles. The predicted molar refractivity (Wildman–Crippen MR) is 114 cm³/mol. The summed E-state index contributed by atoms with van der Waals surface area (Å²) < 4.78 is 24.2. The number of rotatable bonds is 8. The molecule has 0 spiro atoms. The molecule has 0 aliphatic carbocycles. The molecule has 0 bridgehead atoms. The van der Waals surface area contributed by atoms with E-state index in [2.05, 4.69) is 20.5 Å². The molecule has 2 aromatic carbocycles. The number of amides is 1. The van der Waals surface area contributed by atoms with Gasteiger partial charge in [0.25, 0.3) is 5.91 Å². The summed E-state index contributed by atoms with van der Waals surface area (Å²) in [5, 5.41) is 3.94. The minimum absolute atomic E-state index is 0.0341. The predicted octanol–water partition coefficient (Wildman–Crippen LogP) is 3.14. The van der Waals surface area contributed by atoms with Crippen LogP contribution >= 0.6 is 0 Å². The average molecular weight is 424 g/mol. The molecule has 0 unspecified atom stereocenters. The van der Waals surface area contributed by atoms with Crippen molar-refractivity contribution in [2.45, 2.75) is 13.8 Å². The standard InChI is InChI=1S/C22H21FN4O4/c1-3-30-17-10-7-15(20(11-17)31-4-2)13-24-27-21(28)19-12-18(25-22(29)26-19)14-5-8-16(23)9-6-14/h5-13H,3-4H2,1-2H3,(H,27,28)(H,25,26,29)/b24-13+. The van der Waals surface area contributed by atoms with Crippen LogP contribution in [0.15, 0.2) is 58.4 Å². The Kier molecular flexibility index (Phi) is 7.10. The van der Waals surface area contributed by atoms with Crippen LogP contribution in [0.3, 0.4) is 0 Å². The maximum absolute atomic E-state index is 13.1. The van der Waals surface area contributed by atoms with Crippen LogP contribution in [0.4, 0.5) is 4.39 Å². The van der Waals surface area contributed by atoms with Gasteiger partial charge >= 0.3 is 5.69 Å². The van der Waals surface area contributed by atoms with E-state index in [4.69, 9.17) is 9.47 Å². The van der Waals surface area contributed by atoms with Crippen molar-refractivity contribution >= 4 is 12.1 Å². The Labute approximate surface area is 177 Å². The van der Waals surface area contributed by atoms with Gasteiger partial charge in [-0.25, -0.2) is 14.6 Å². The fourth-order valence-corrected chi connectivity index (χ4v) is 2.73. The number of H-pyrrole nitrogens is 1. The van der Waals surface area contributed by atoms with Crippen LogP contribution in [0.2, 0.25) is 0 Å². The van der Waals surface area contributed by atoms with Crippen molar-refractivity contribution in [3.63, 3.8) is 0 Å². The Balaban J connectivity index is 1.77. The van der Waals surface area contributed by atoms with Gasteiger partial charge in [0.05, 0.1) is 25.1 Å². The largest absolute Gasteiger partial charge is 0.494 e. The highest BCUT2D eigenvalue weighted by Gasteiger charge is 2.11. The summed E-state index contributed by atoms with van der Waals surface area (Å²) in [6, 6.07) is 12.1. The van der Waals surface area contributed by atoms with Crippen molar-refractivity contribution in [1.29, 1.82) is 0 Å². The Bertz CT molecular complexity index is 1140. The molecule has 8 nitrogen and oxygen atoms in total. The van der Waals surface area contributed by atoms with Crippen molar-refractivity contribution in [3.8, 4) is 22.8 Å². The van der Waals surface area contributed by atoms with Crippen LogP contribution in [0.1, 0.15) is 29.9 Å². The molecule has 0 radical (unpaired) electrons.